The van der Waals surface area contributed by atoms with Crippen LogP contribution < -0.4 is 0 Å². The first kappa shape index (κ1) is 44.5. The van der Waals surface area contributed by atoms with Crippen molar-refractivity contribution in [2.75, 3.05) is 0 Å². The number of fused-ring (bicyclic) bond motifs is 22. The average Bonchev–Trinajstić information content (AvgIpc) is 2.39. The molecule has 0 N–H and O–H groups in total. The summed E-state index contributed by atoms with van der Waals surface area (Å²) in [5.74, 6) is 0. The molecule has 79 heavy (non-hydrogen) atoms. The molecule has 4 aliphatic carbocycles. The SMILES string of the molecule is Cc1ccc(-c2c3ccc(-c4ccc5c(c4)C4(c6ccccc6-c6cc(C)ccc64)c4ccccc4-5)cc3c(-c3ccc(C)cc3)c3ccc(-c4ccc5c(c4)C4(c6ccccc6-c6ccccc64)c4ccccc4-5)cc23)cc1. The van der Waals surface area contributed by atoms with Crippen molar-refractivity contribution < 1.29 is 0 Å². The monoisotopic (exact) mass is 1000 g/mol. The van der Waals surface area contributed by atoms with Gasteiger partial charge >= 0.3 is 0 Å². The van der Waals surface area contributed by atoms with Gasteiger partial charge < -0.3 is 0 Å². The second-order valence-electron chi connectivity index (χ2n) is 22.8. The highest BCUT2D eigenvalue weighted by Crippen LogP contribution is 2.65. The first-order valence-electron chi connectivity index (χ1n) is 28.0. The zero-order chi connectivity index (χ0) is 52.3. The molecule has 2 spiro atoms. The van der Waals surface area contributed by atoms with Gasteiger partial charge in [0.05, 0.1) is 10.8 Å². The third-order valence-electron chi connectivity index (χ3n) is 18.7. The molecule has 1 unspecified atom stereocenters. The summed E-state index contributed by atoms with van der Waals surface area (Å²) >= 11 is 0. The molecule has 0 heteroatoms. The Morgan fingerprint density at radius 1 is 0.190 bits per heavy atom. The van der Waals surface area contributed by atoms with Crippen LogP contribution >= 0.6 is 0 Å². The van der Waals surface area contributed by atoms with Crippen LogP contribution in [-0.2, 0) is 10.8 Å². The molecule has 17 rings (SSSR count). The molecule has 0 nitrogen and oxygen atoms in total. The van der Waals surface area contributed by atoms with Crippen LogP contribution in [0.4, 0.5) is 0 Å². The molecule has 13 aromatic carbocycles. The lowest BCUT2D eigenvalue weighted by Crippen LogP contribution is -2.25. The van der Waals surface area contributed by atoms with E-state index in [2.05, 4.69) is 282 Å². The Bertz CT molecular complexity index is 4730. The number of benzene rings is 13. The van der Waals surface area contributed by atoms with Crippen LogP contribution in [0.5, 0.6) is 0 Å². The van der Waals surface area contributed by atoms with Crippen molar-refractivity contribution in [1.29, 1.82) is 0 Å². The van der Waals surface area contributed by atoms with Crippen molar-refractivity contribution in [3.05, 3.63) is 322 Å². The van der Waals surface area contributed by atoms with E-state index in [1.807, 2.05) is 0 Å². The molecule has 0 fully saturated rings. The Morgan fingerprint density at radius 2 is 0.481 bits per heavy atom. The van der Waals surface area contributed by atoms with Gasteiger partial charge in [0.25, 0.3) is 0 Å². The maximum atomic E-state index is 2.53. The van der Waals surface area contributed by atoms with E-state index in [-0.39, 0.29) is 0 Å². The summed E-state index contributed by atoms with van der Waals surface area (Å²) in [4.78, 5) is 0. The maximum absolute atomic E-state index is 2.53. The Morgan fingerprint density at radius 3 is 0.873 bits per heavy atom. The molecular formula is C79H52. The van der Waals surface area contributed by atoms with E-state index in [4.69, 9.17) is 0 Å². The van der Waals surface area contributed by atoms with Gasteiger partial charge in [-0.2, -0.15) is 0 Å². The van der Waals surface area contributed by atoms with Gasteiger partial charge in [0.1, 0.15) is 0 Å². The van der Waals surface area contributed by atoms with Gasteiger partial charge in [0, 0.05) is 0 Å². The molecule has 0 aliphatic heterocycles. The summed E-state index contributed by atoms with van der Waals surface area (Å²) in [7, 11) is 0. The lowest BCUT2D eigenvalue weighted by molar-refractivity contribution is 0.794. The van der Waals surface area contributed by atoms with Crippen LogP contribution in [0.15, 0.2) is 261 Å². The molecule has 368 valence electrons. The van der Waals surface area contributed by atoms with Crippen LogP contribution in [0, 0.1) is 20.8 Å². The lowest BCUT2D eigenvalue weighted by atomic mass is 9.70. The van der Waals surface area contributed by atoms with Crippen LogP contribution in [0.25, 0.3) is 111 Å². The van der Waals surface area contributed by atoms with Gasteiger partial charge in [-0.15, -0.1) is 0 Å². The topological polar surface area (TPSA) is 0 Å². The lowest BCUT2D eigenvalue weighted by Gasteiger charge is -2.30. The molecule has 0 amide bonds. The first-order chi connectivity index (χ1) is 38.9. The molecule has 13 aromatic rings. The summed E-state index contributed by atoms with van der Waals surface area (Å²) in [6.07, 6.45) is 0. The van der Waals surface area contributed by atoms with Crippen molar-refractivity contribution >= 4 is 21.5 Å². The van der Waals surface area contributed by atoms with Gasteiger partial charge in [-0.25, -0.2) is 0 Å². The van der Waals surface area contributed by atoms with Crippen LogP contribution in [0.2, 0.25) is 0 Å². The largest absolute Gasteiger partial charge is 0.0725 e. The normalized spacial score (nSPS) is 15.2. The van der Waals surface area contributed by atoms with Crippen molar-refractivity contribution in [3.8, 4) is 89.0 Å². The summed E-state index contributed by atoms with van der Waals surface area (Å²) in [5, 5.41) is 4.99. The zero-order valence-corrected chi connectivity index (χ0v) is 44.3. The quantitative estimate of drug-likeness (QED) is 0.154. The number of rotatable bonds is 4. The minimum atomic E-state index is -0.423. The highest BCUT2D eigenvalue weighted by molar-refractivity contribution is 6.22. The van der Waals surface area contributed by atoms with E-state index in [0.29, 0.717) is 0 Å². The predicted molar refractivity (Wildman–Crippen MR) is 330 cm³/mol. The van der Waals surface area contributed by atoms with Gasteiger partial charge in [-0.3, -0.25) is 0 Å². The molecule has 1 atom stereocenters. The second-order valence-corrected chi connectivity index (χ2v) is 22.8. The summed E-state index contributed by atoms with van der Waals surface area (Å²) in [6, 6.07) is 100. The van der Waals surface area contributed by atoms with Crippen LogP contribution in [0.1, 0.15) is 61.2 Å². The Hall–Kier alpha value is -9.62. The van der Waals surface area contributed by atoms with E-state index < -0.39 is 10.8 Å². The first-order valence-corrected chi connectivity index (χ1v) is 28.0. The molecule has 0 aromatic heterocycles. The van der Waals surface area contributed by atoms with E-state index >= 15 is 0 Å². The summed E-state index contributed by atoms with van der Waals surface area (Å²) in [5.41, 5.74) is 34.2. The van der Waals surface area contributed by atoms with Gasteiger partial charge in [0.2, 0.25) is 0 Å². The van der Waals surface area contributed by atoms with Crippen molar-refractivity contribution in [1.82, 2.24) is 0 Å². The molecule has 4 aliphatic rings. The highest BCUT2D eigenvalue weighted by atomic mass is 14.5. The number of hydrogen-bond acceptors (Lipinski definition) is 0. The average molecular weight is 1000 g/mol. The van der Waals surface area contributed by atoms with E-state index in [0.717, 1.165) is 0 Å². The van der Waals surface area contributed by atoms with E-state index in [1.54, 1.807) is 0 Å². The Balaban J connectivity index is 0.899. The van der Waals surface area contributed by atoms with Gasteiger partial charge in [-0.1, -0.05) is 253 Å². The minimum absolute atomic E-state index is 0.417. The van der Waals surface area contributed by atoms with Gasteiger partial charge in [0.15, 0.2) is 0 Å². The van der Waals surface area contributed by atoms with E-state index in [1.165, 1.54) is 172 Å². The fourth-order valence-corrected chi connectivity index (χ4v) is 15.4. The highest BCUT2D eigenvalue weighted by Gasteiger charge is 2.53. The molecular weight excluding hydrogens is 949 g/mol. The Kier molecular flexibility index (Phi) is 9.13. The minimum Gasteiger partial charge on any atom is -0.0619 e. The number of hydrogen-bond donors (Lipinski definition) is 0. The molecule has 0 saturated heterocycles. The zero-order valence-electron chi connectivity index (χ0n) is 44.3. The molecule has 0 saturated carbocycles. The molecule has 0 bridgehead atoms. The third-order valence-corrected chi connectivity index (χ3v) is 18.7. The number of aryl methyl sites for hydroxylation is 3. The van der Waals surface area contributed by atoms with Crippen molar-refractivity contribution in [3.63, 3.8) is 0 Å². The smallest absolute Gasteiger partial charge is 0.0619 e. The fraction of sp³-hybridized carbons (Fsp3) is 0.0633. The van der Waals surface area contributed by atoms with Crippen LogP contribution in [-0.4, -0.2) is 0 Å². The maximum Gasteiger partial charge on any atom is 0.0725 e. The third kappa shape index (κ3) is 5.88. The Labute approximate surface area is 461 Å². The van der Waals surface area contributed by atoms with Crippen molar-refractivity contribution in [2.45, 2.75) is 31.6 Å². The molecule has 0 heterocycles. The van der Waals surface area contributed by atoms with Gasteiger partial charge in [-0.05, 0) is 200 Å². The predicted octanol–water partition coefficient (Wildman–Crippen LogP) is 20.3. The summed E-state index contributed by atoms with van der Waals surface area (Å²) < 4.78 is 0. The standard InChI is InChI=1S/C79H52/c1-47-24-29-50(30-25-47)76-64-40-36-53(55-34-38-62-59-17-7-12-22-71(59)79(75(62)46-55)72-23-13-8-18-60(72)65-42-49(3)28-41-73(65)79)44-67(64)77(51-31-26-48(2)27-32-51)63-39-35-52(43-66(63)76)54-33-37-61-58-16-6-11-21-70(58)78(74(61)45-54)68-19-9-4-14-56(68)57-15-5-10-20-69(57)78/h4-46H,1-3H3. The van der Waals surface area contributed by atoms with E-state index in [9.17, 15) is 0 Å². The van der Waals surface area contributed by atoms with Crippen LogP contribution in [0.3, 0.4) is 0 Å². The fourth-order valence-electron chi connectivity index (χ4n) is 15.4. The van der Waals surface area contributed by atoms with Crippen molar-refractivity contribution in [2.24, 2.45) is 0 Å². The summed E-state index contributed by atoms with van der Waals surface area (Å²) in [6.45, 7) is 6.60. The molecule has 0 radical (unpaired) electrons. The second kappa shape index (κ2) is 16.2.